The van der Waals surface area contributed by atoms with Gasteiger partial charge in [-0.1, -0.05) is 31.5 Å². The summed E-state index contributed by atoms with van der Waals surface area (Å²) in [7, 11) is 0. The van der Waals surface area contributed by atoms with Gasteiger partial charge in [-0.05, 0) is 37.1 Å². The number of aryl methyl sites for hydroxylation is 1. The Balaban J connectivity index is 1.65. The molecule has 1 aliphatic heterocycles. The van der Waals surface area contributed by atoms with Gasteiger partial charge in [-0.3, -0.25) is 4.79 Å². The molecule has 1 aliphatic rings. The molecule has 0 atom stereocenters. The van der Waals surface area contributed by atoms with Crippen LogP contribution in [0.4, 0.5) is 11.6 Å². The number of anilines is 2. The lowest BCUT2D eigenvalue weighted by Gasteiger charge is -2.36. The number of carbonyl (C=O) groups excluding carboxylic acids is 1. The molecule has 0 bridgehead atoms. The molecule has 2 aromatic rings. The lowest BCUT2D eigenvalue weighted by Crippen LogP contribution is -2.49. The van der Waals surface area contributed by atoms with Crippen LogP contribution in [-0.2, 0) is 0 Å². The fourth-order valence-electron chi connectivity index (χ4n) is 3.06. The van der Waals surface area contributed by atoms with Crippen molar-refractivity contribution in [1.82, 2.24) is 14.9 Å². The first-order valence-corrected chi connectivity index (χ1v) is 9.69. The Morgan fingerprint density at radius 2 is 1.93 bits per heavy atom. The molecule has 27 heavy (non-hydrogen) atoms. The van der Waals surface area contributed by atoms with Crippen LogP contribution in [-0.4, -0.2) is 53.5 Å². The van der Waals surface area contributed by atoms with Crippen molar-refractivity contribution in [1.29, 1.82) is 0 Å². The van der Waals surface area contributed by atoms with Gasteiger partial charge in [-0.2, -0.15) is 0 Å². The maximum atomic E-state index is 12.9. The molecule has 1 amide bonds. The molecule has 0 aliphatic carbocycles. The van der Waals surface area contributed by atoms with E-state index in [-0.39, 0.29) is 5.91 Å². The van der Waals surface area contributed by atoms with Gasteiger partial charge in [0, 0.05) is 49.1 Å². The van der Waals surface area contributed by atoms with Gasteiger partial charge in [0.15, 0.2) is 0 Å². The van der Waals surface area contributed by atoms with E-state index in [0.717, 1.165) is 36.0 Å². The van der Waals surface area contributed by atoms with Crippen molar-refractivity contribution in [3.8, 4) is 0 Å². The van der Waals surface area contributed by atoms with E-state index in [4.69, 9.17) is 11.6 Å². The molecule has 1 saturated heterocycles. The predicted molar refractivity (Wildman–Crippen MR) is 110 cm³/mol. The summed E-state index contributed by atoms with van der Waals surface area (Å²) in [6.07, 6.45) is 0. The third-order valence-electron chi connectivity index (χ3n) is 4.48. The number of piperazine rings is 1. The van der Waals surface area contributed by atoms with Crippen molar-refractivity contribution in [3.05, 3.63) is 46.7 Å². The van der Waals surface area contributed by atoms with Gasteiger partial charge < -0.3 is 15.1 Å². The number of amides is 1. The monoisotopic (exact) mass is 387 g/mol. The number of hydrogen-bond donors (Lipinski definition) is 1. The van der Waals surface area contributed by atoms with E-state index < -0.39 is 0 Å². The largest absolute Gasteiger partial charge is 0.368 e. The highest BCUT2D eigenvalue weighted by atomic mass is 35.5. The molecule has 1 aromatic heterocycles. The number of aromatic nitrogens is 2. The molecule has 0 saturated carbocycles. The minimum Gasteiger partial charge on any atom is -0.368 e. The van der Waals surface area contributed by atoms with Crippen LogP contribution >= 0.6 is 11.6 Å². The normalized spacial score (nSPS) is 14.6. The Kier molecular flexibility index (Phi) is 6.16. The van der Waals surface area contributed by atoms with Crippen LogP contribution in [0.2, 0.25) is 5.02 Å². The summed E-state index contributed by atoms with van der Waals surface area (Å²) in [5.74, 6) is 0.955. The molecule has 1 fully saturated rings. The van der Waals surface area contributed by atoms with Crippen LogP contribution in [0.15, 0.2) is 30.3 Å². The summed E-state index contributed by atoms with van der Waals surface area (Å²) < 4.78 is 0. The van der Waals surface area contributed by atoms with E-state index >= 15 is 0 Å². The molecule has 1 aromatic carbocycles. The number of rotatable bonds is 5. The quantitative estimate of drug-likeness (QED) is 0.851. The number of nitrogens with one attached hydrogen (secondary N) is 1. The molecule has 0 spiro atoms. The van der Waals surface area contributed by atoms with Crippen LogP contribution in [0.5, 0.6) is 0 Å². The Bertz CT molecular complexity index is 803. The van der Waals surface area contributed by atoms with Crippen molar-refractivity contribution in [2.45, 2.75) is 20.8 Å². The molecule has 3 rings (SSSR count). The van der Waals surface area contributed by atoms with Crippen molar-refractivity contribution in [2.75, 3.05) is 42.9 Å². The lowest BCUT2D eigenvalue weighted by molar-refractivity contribution is 0.0740. The number of halogens is 1. The minimum atomic E-state index is -0.0427. The van der Waals surface area contributed by atoms with E-state index in [1.165, 1.54) is 0 Å². The standard InChI is InChI=1S/C20H26ClN5O/c1-14(2)13-22-20-23-15(3)11-18(24-20)19(27)26-9-7-25(8-10-26)17-6-4-5-16(21)12-17/h4-6,11-12,14H,7-10,13H2,1-3H3,(H,22,23,24). The first-order chi connectivity index (χ1) is 12.9. The SMILES string of the molecule is Cc1cc(C(=O)N2CCN(c3cccc(Cl)c3)CC2)nc(NCC(C)C)n1. The Labute approximate surface area is 165 Å². The van der Waals surface area contributed by atoms with Crippen molar-refractivity contribution in [2.24, 2.45) is 5.92 Å². The molecule has 1 N–H and O–H groups in total. The van der Waals surface area contributed by atoms with Gasteiger partial charge in [0.25, 0.3) is 5.91 Å². The lowest BCUT2D eigenvalue weighted by atomic mass is 10.2. The van der Waals surface area contributed by atoms with Gasteiger partial charge >= 0.3 is 0 Å². The molecule has 0 unspecified atom stereocenters. The third kappa shape index (κ3) is 5.10. The summed E-state index contributed by atoms with van der Waals surface area (Å²) in [5.41, 5.74) is 2.33. The van der Waals surface area contributed by atoms with Crippen molar-refractivity contribution in [3.63, 3.8) is 0 Å². The van der Waals surface area contributed by atoms with Crippen molar-refractivity contribution < 1.29 is 4.79 Å². The number of carbonyl (C=O) groups is 1. The Hall–Kier alpha value is -2.34. The molecule has 7 heteroatoms. The summed E-state index contributed by atoms with van der Waals surface area (Å²) in [6, 6.07) is 9.58. The van der Waals surface area contributed by atoms with Gasteiger partial charge in [0.2, 0.25) is 5.95 Å². The average molecular weight is 388 g/mol. The zero-order valence-electron chi connectivity index (χ0n) is 16.1. The van der Waals surface area contributed by atoms with Gasteiger partial charge in [-0.15, -0.1) is 0 Å². The second-order valence-corrected chi connectivity index (χ2v) is 7.69. The first kappa shape index (κ1) is 19.4. The smallest absolute Gasteiger partial charge is 0.272 e. The third-order valence-corrected chi connectivity index (χ3v) is 4.72. The molecule has 144 valence electrons. The molecule has 2 heterocycles. The van der Waals surface area contributed by atoms with Gasteiger partial charge in [0.05, 0.1) is 0 Å². The van der Waals surface area contributed by atoms with Crippen LogP contribution in [0.25, 0.3) is 0 Å². The van der Waals surface area contributed by atoms with E-state index in [1.54, 1.807) is 6.07 Å². The molecular formula is C20H26ClN5O. The maximum absolute atomic E-state index is 12.9. The summed E-state index contributed by atoms with van der Waals surface area (Å²) in [4.78, 5) is 25.8. The number of benzene rings is 1. The second kappa shape index (κ2) is 8.57. The van der Waals surface area contributed by atoms with Crippen LogP contribution in [0, 0.1) is 12.8 Å². The van der Waals surface area contributed by atoms with Crippen LogP contribution < -0.4 is 10.2 Å². The average Bonchev–Trinajstić information content (AvgIpc) is 2.65. The second-order valence-electron chi connectivity index (χ2n) is 7.25. The predicted octanol–water partition coefficient (Wildman–Crippen LogP) is 3.47. The summed E-state index contributed by atoms with van der Waals surface area (Å²) in [6.45, 7) is 9.75. The maximum Gasteiger partial charge on any atom is 0.272 e. The molecular weight excluding hydrogens is 362 g/mol. The molecule has 6 nitrogen and oxygen atoms in total. The Morgan fingerprint density at radius 1 is 1.19 bits per heavy atom. The van der Waals surface area contributed by atoms with Crippen LogP contribution in [0.1, 0.15) is 30.0 Å². The van der Waals surface area contributed by atoms with Gasteiger partial charge in [0.1, 0.15) is 5.69 Å². The fraction of sp³-hybridized carbons (Fsp3) is 0.450. The Morgan fingerprint density at radius 3 is 2.59 bits per heavy atom. The van der Waals surface area contributed by atoms with Crippen LogP contribution in [0.3, 0.4) is 0 Å². The van der Waals surface area contributed by atoms with Gasteiger partial charge in [-0.25, -0.2) is 9.97 Å². The fourth-order valence-corrected chi connectivity index (χ4v) is 3.24. The summed E-state index contributed by atoms with van der Waals surface area (Å²) in [5, 5.41) is 3.93. The minimum absolute atomic E-state index is 0.0427. The first-order valence-electron chi connectivity index (χ1n) is 9.31. The highest BCUT2D eigenvalue weighted by Gasteiger charge is 2.24. The zero-order chi connectivity index (χ0) is 19.4. The zero-order valence-corrected chi connectivity index (χ0v) is 16.8. The highest BCUT2D eigenvalue weighted by Crippen LogP contribution is 2.21. The number of hydrogen-bond acceptors (Lipinski definition) is 5. The van der Waals surface area contributed by atoms with E-state index in [1.807, 2.05) is 36.1 Å². The van der Waals surface area contributed by atoms with E-state index in [9.17, 15) is 4.79 Å². The number of nitrogens with zero attached hydrogens (tertiary/aromatic N) is 4. The van der Waals surface area contributed by atoms with Crippen molar-refractivity contribution >= 4 is 29.1 Å². The topological polar surface area (TPSA) is 61.4 Å². The van der Waals surface area contributed by atoms with E-state index in [0.29, 0.717) is 30.6 Å². The van der Waals surface area contributed by atoms with E-state index in [2.05, 4.69) is 34.0 Å². The molecule has 0 radical (unpaired) electrons. The highest BCUT2D eigenvalue weighted by molar-refractivity contribution is 6.30. The summed E-state index contributed by atoms with van der Waals surface area (Å²) >= 11 is 6.09.